The van der Waals surface area contributed by atoms with Gasteiger partial charge in [0.05, 0.1) is 49.3 Å². The molecule has 14 heteroatoms. The second-order valence-corrected chi connectivity index (χ2v) is 12.4. The molecule has 0 bridgehead atoms. The summed E-state index contributed by atoms with van der Waals surface area (Å²) < 4.78 is 29.1. The maximum absolute atomic E-state index is 15.3. The van der Waals surface area contributed by atoms with Gasteiger partial charge in [0, 0.05) is 25.9 Å². The van der Waals surface area contributed by atoms with Crippen molar-refractivity contribution in [1.29, 1.82) is 5.26 Å². The highest BCUT2D eigenvalue weighted by molar-refractivity contribution is 6.30. The smallest absolute Gasteiger partial charge is 0.280 e. The van der Waals surface area contributed by atoms with E-state index in [-0.39, 0.29) is 40.3 Å². The molecule has 0 fully saturated rings. The third kappa shape index (κ3) is 5.84. The number of anilines is 2. The lowest BCUT2D eigenvalue weighted by atomic mass is 9.93. The number of nitrogens with zero attached hydrogens (tertiary/aromatic N) is 8. The Labute approximate surface area is 286 Å². The zero-order valence-corrected chi connectivity index (χ0v) is 28.4. The van der Waals surface area contributed by atoms with Crippen LogP contribution in [0.1, 0.15) is 64.2 Å². The van der Waals surface area contributed by atoms with E-state index in [0.29, 0.717) is 34.2 Å². The van der Waals surface area contributed by atoms with Gasteiger partial charge in [-0.1, -0.05) is 43.6 Å². The predicted molar refractivity (Wildman–Crippen MR) is 182 cm³/mol. The number of carbonyl (C=O) groups is 1. The summed E-state index contributed by atoms with van der Waals surface area (Å²) >= 11 is 6.60. The van der Waals surface area contributed by atoms with Crippen molar-refractivity contribution < 1.29 is 18.7 Å². The Morgan fingerprint density at radius 1 is 1.06 bits per heavy atom. The van der Waals surface area contributed by atoms with Crippen LogP contribution < -0.4 is 24.8 Å². The summed E-state index contributed by atoms with van der Waals surface area (Å²) in [5, 5.41) is 14.4. The molecule has 1 unspecified atom stereocenters. The Hall–Kier alpha value is -5.74. The summed E-state index contributed by atoms with van der Waals surface area (Å²) in [6.07, 6.45) is 3.06. The van der Waals surface area contributed by atoms with E-state index < -0.39 is 23.3 Å². The molecule has 0 aliphatic carbocycles. The predicted octanol–water partition coefficient (Wildman–Crippen LogP) is 5.49. The fraction of sp³-hybridized carbons (Fsp3) is 0.257. The minimum Gasteiger partial charge on any atom is -0.497 e. The molecule has 2 aromatic carbocycles. The Morgan fingerprint density at radius 2 is 1.80 bits per heavy atom. The molecule has 6 rings (SSSR count). The number of carbonyl (C=O) groups excluding carboxylic acids is 1. The summed E-state index contributed by atoms with van der Waals surface area (Å²) in [6.45, 7) is 4.02. The molecule has 12 nitrogen and oxygen atoms in total. The Morgan fingerprint density at radius 3 is 2.41 bits per heavy atom. The average molecular weight is 683 g/mol. The summed E-state index contributed by atoms with van der Waals surface area (Å²) in [4.78, 5) is 40.7. The van der Waals surface area contributed by atoms with Gasteiger partial charge in [0.1, 0.15) is 29.0 Å². The zero-order valence-electron chi connectivity index (χ0n) is 27.6. The zero-order chi connectivity index (χ0) is 35.1. The van der Waals surface area contributed by atoms with Gasteiger partial charge in [0.2, 0.25) is 11.8 Å². The van der Waals surface area contributed by atoms with Crippen molar-refractivity contribution in [2.75, 3.05) is 38.1 Å². The normalized spacial score (nSPS) is 13.8. The van der Waals surface area contributed by atoms with Crippen molar-refractivity contribution in [2.45, 2.75) is 32.4 Å². The molecule has 1 amide bonds. The van der Waals surface area contributed by atoms with Gasteiger partial charge in [-0.3, -0.25) is 14.5 Å². The van der Waals surface area contributed by atoms with Gasteiger partial charge in [-0.05, 0) is 47.4 Å². The number of hydrogen-bond acceptors (Lipinski definition) is 9. The lowest BCUT2D eigenvalue weighted by Gasteiger charge is -2.28. The molecule has 1 atom stereocenters. The molecule has 1 aliphatic heterocycles. The number of fused-ring (bicyclic) bond motifs is 1. The average Bonchev–Trinajstić information content (AvgIpc) is 3.61. The number of nitriles is 1. The number of aromatic nitrogens is 5. The molecule has 4 heterocycles. The quantitative estimate of drug-likeness (QED) is 0.198. The van der Waals surface area contributed by atoms with Crippen LogP contribution in [0.4, 0.5) is 16.0 Å². The minimum atomic E-state index is -1.01. The summed E-state index contributed by atoms with van der Waals surface area (Å²) in [7, 11) is 6.64. The third-order valence-electron chi connectivity index (χ3n) is 8.24. The topological polar surface area (TPSA) is 131 Å². The first-order valence-electron chi connectivity index (χ1n) is 15.2. The van der Waals surface area contributed by atoms with Crippen LogP contribution in [0, 0.1) is 17.1 Å². The number of amides is 1. The Balaban J connectivity index is 1.57. The first-order valence-corrected chi connectivity index (χ1v) is 15.6. The summed E-state index contributed by atoms with van der Waals surface area (Å²) in [5.41, 5.74) is 1.96. The summed E-state index contributed by atoms with van der Waals surface area (Å²) in [5.74, 6) is -0.299. The van der Waals surface area contributed by atoms with Crippen LogP contribution in [-0.4, -0.2) is 58.5 Å². The molecule has 1 aliphatic rings. The number of pyridine rings is 1. The van der Waals surface area contributed by atoms with Gasteiger partial charge in [-0.15, -0.1) is 0 Å². The van der Waals surface area contributed by atoms with Crippen molar-refractivity contribution in [3.05, 3.63) is 116 Å². The fourth-order valence-electron chi connectivity index (χ4n) is 5.99. The van der Waals surface area contributed by atoms with E-state index in [1.54, 1.807) is 55.2 Å². The molecular weight excluding hydrogens is 651 g/mol. The van der Waals surface area contributed by atoms with Gasteiger partial charge in [-0.2, -0.15) is 15.3 Å². The fourth-order valence-corrected chi connectivity index (χ4v) is 6.21. The molecule has 0 saturated carbocycles. The van der Waals surface area contributed by atoms with Gasteiger partial charge in [0.15, 0.2) is 5.69 Å². The Bertz CT molecular complexity index is 2190. The lowest BCUT2D eigenvalue weighted by molar-refractivity contribution is 0.0987. The van der Waals surface area contributed by atoms with E-state index in [1.165, 1.54) is 41.0 Å². The van der Waals surface area contributed by atoms with Crippen LogP contribution in [0.2, 0.25) is 5.02 Å². The van der Waals surface area contributed by atoms with Crippen LogP contribution in [0.25, 0.3) is 5.69 Å². The van der Waals surface area contributed by atoms with Crippen LogP contribution in [0.5, 0.6) is 11.6 Å². The van der Waals surface area contributed by atoms with Crippen molar-refractivity contribution in [3.63, 3.8) is 0 Å². The summed E-state index contributed by atoms with van der Waals surface area (Å²) in [6, 6.07) is 13.6. The van der Waals surface area contributed by atoms with Gasteiger partial charge >= 0.3 is 0 Å². The van der Waals surface area contributed by atoms with Gasteiger partial charge in [-0.25, -0.2) is 14.1 Å². The highest BCUT2D eigenvalue weighted by atomic mass is 35.5. The van der Waals surface area contributed by atoms with E-state index >= 15 is 4.39 Å². The molecule has 49 heavy (non-hydrogen) atoms. The number of hydrogen-bond donors (Lipinski definition) is 0. The standard InChI is InChI=1S/C35H32ClFN8O4/c1-19(2)30-28-29(41-45(30)27-16-39-35(42(3)4)40-32(27)49-6)34(47)44(31(28)21-9-10-22(15-38)25(37)13-21)26-14-23(36)18-43(33(26)46)17-20-7-11-24(48-5)12-8-20/h7-14,16,18-19,31H,17H2,1-6H3. The number of rotatable bonds is 9. The molecule has 0 N–H and O–H groups in total. The maximum Gasteiger partial charge on any atom is 0.280 e. The largest absolute Gasteiger partial charge is 0.497 e. The van der Waals surface area contributed by atoms with E-state index in [1.807, 2.05) is 32.0 Å². The van der Waals surface area contributed by atoms with E-state index in [0.717, 1.165) is 5.56 Å². The van der Waals surface area contributed by atoms with Gasteiger partial charge in [0.25, 0.3) is 11.5 Å². The molecule has 0 spiro atoms. The molecule has 0 radical (unpaired) electrons. The molecule has 250 valence electrons. The Kier molecular flexibility index (Phi) is 8.83. The minimum absolute atomic E-state index is 0.0173. The lowest BCUT2D eigenvalue weighted by Crippen LogP contribution is -2.36. The second-order valence-electron chi connectivity index (χ2n) is 11.9. The number of halogens is 2. The molecule has 5 aromatic rings. The van der Waals surface area contributed by atoms with Crippen molar-refractivity contribution in [2.24, 2.45) is 0 Å². The third-order valence-corrected chi connectivity index (χ3v) is 8.44. The first-order chi connectivity index (χ1) is 23.5. The molecule has 3 aromatic heterocycles. The van der Waals surface area contributed by atoms with Crippen LogP contribution in [0.3, 0.4) is 0 Å². The first kappa shape index (κ1) is 33.2. The van der Waals surface area contributed by atoms with Crippen molar-refractivity contribution in [1.82, 2.24) is 24.3 Å². The van der Waals surface area contributed by atoms with E-state index in [4.69, 9.17) is 26.2 Å². The molecule has 0 saturated heterocycles. The van der Waals surface area contributed by atoms with E-state index in [2.05, 4.69) is 9.97 Å². The number of ether oxygens (including phenoxy) is 2. The SMILES string of the molecule is COc1ccc(Cn2cc(Cl)cc(N3C(=O)c4nn(-c5cnc(N(C)C)nc5OC)c(C(C)C)c4C3c3ccc(C#N)c(F)c3)c2=O)cc1. The monoisotopic (exact) mass is 682 g/mol. The second kappa shape index (κ2) is 13.0. The highest BCUT2D eigenvalue weighted by Crippen LogP contribution is 2.45. The highest BCUT2D eigenvalue weighted by Gasteiger charge is 2.46. The van der Waals surface area contributed by atoms with Crippen molar-refractivity contribution >= 4 is 29.1 Å². The number of methoxy groups -OCH3 is 2. The van der Waals surface area contributed by atoms with Crippen LogP contribution >= 0.6 is 11.6 Å². The van der Waals surface area contributed by atoms with Gasteiger partial charge < -0.3 is 18.9 Å². The van der Waals surface area contributed by atoms with Crippen LogP contribution in [0.15, 0.2) is 65.7 Å². The number of benzene rings is 2. The van der Waals surface area contributed by atoms with Crippen LogP contribution in [-0.2, 0) is 6.54 Å². The van der Waals surface area contributed by atoms with Crippen molar-refractivity contribution in [3.8, 4) is 23.4 Å². The van der Waals surface area contributed by atoms with E-state index in [9.17, 15) is 14.9 Å². The molecular formula is C35H32ClFN8O4. The maximum atomic E-state index is 15.3.